The number of hydrogen-bond donors (Lipinski definition) is 3. The van der Waals surface area contributed by atoms with Crippen molar-refractivity contribution in [2.45, 2.75) is 18.9 Å². The van der Waals surface area contributed by atoms with Gasteiger partial charge in [0.25, 0.3) is 0 Å². The highest BCUT2D eigenvalue weighted by Crippen LogP contribution is 2.18. The molecule has 0 spiro atoms. The number of guanidine groups is 1. The van der Waals surface area contributed by atoms with Crippen LogP contribution in [0.2, 0.25) is 0 Å². The molecule has 2 atom stereocenters. The Morgan fingerprint density at radius 2 is 1.76 bits per heavy atom. The number of halogens is 2. The molecule has 0 aliphatic carbocycles. The largest absolute Gasteiger partial charge is 0.396 e. The fourth-order valence-corrected chi connectivity index (χ4v) is 3.04. The fraction of sp³-hybridized carbons (Fsp3) is 0.409. The molecule has 0 saturated carbocycles. The third kappa shape index (κ3) is 8.28. The van der Waals surface area contributed by atoms with E-state index in [9.17, 15) is 9.50 Å². The number of hydrogen-bond acceptors (Lipinski definition) is 3. The number of aliphatic hydroxyl groups is 1. The molecule has 0 amide bonds. The summed E-state index contributed by atoms with van der Waals surface area (Å²) in [6.07, 6.45) is 0. The molecule has 0 heterocycles. The van der Waals surface area contributed by atoms with Crippen LogP contribution < -0.4 is 10.6 Å². The van der Waals surface area contributed by atoms with Crippen LogP contribution in [0.5, 0.6) is 0 Å². The lowest BCUT2D eigenvalue weighted by Gasteiger charge is -2.26. The van der Waals surface area contributed by atoms with Crippen molar-refractivity contribution in [2.24, 2.45) is 4.99 Å². The number of likely N-dealkylation sites (N-methyl/N-ethyl adjacent to an activating group) is 1. The number of aliphatic hydroxyl groups excluding tert-OH is 1. The molecule has 160 valence electrons. The zero-order chi connectivity index (χ0) is 20.4. The van der Waals surface area contributed by atoms with Gasteiger partial charge in [-0.15, -0.1) is 24.0 Å². The molecule has 0 aliphatic heterocycles. The van der Waals surface area contributed by atoms with Crippen LogP contribution >= 0.6 is 24.0 Å². The van der Waals surface area contributed by atoms with Gasteiger partial charge in [0.2, 0.25) is 0 Å². The van der Waals surface area contributed by atoms with E-state index in [0.29, 0.717) is 19.0 Å². The van der Waals surface area contributed by atoms with E-state index in [-0.39, 0.29) is 48.4 Å². The molecule has 29 heavy (non-hydrogen) atoms. The van der Waals surface area contributed by atoms with Crippen molar-refractivity contribution >= 4 is 29.9 Å². The SMILES string of the molecule is CCNC(=NCC(CO)c1ccccc1)NCC(c1cccc(F)c1)N(C)C.I. The number of rotatable bonds is 9. The van der Waals surface area contributed by atoms with Gasteiger partial charge in [-0.05, 0) is 44.3 Å². The summed E-state index contributed by atoms with van der Waals surface area (Å²) in [6, 6.07) is 16.6. The minimum atomic E-state index is -0.237. The molecule has 5 nitrogen and oxygen atoms in total. The zero-order valence-electron chi connectivity index (χ0n) is 17.3. The summed E-state index contributed by atoms with van der Waals surface area (Å²) in [7, 11) is 3.94. The molecule has 0 aromatic heterocycles. The van der Waals surface area contributed by atoms with Crippen molar-refractivity contribution in [1.29, 1.82) is 0 Å². The minimum Gasteiger partial charge on any atom is -0.396 e. The molecule has 0 saturated heterocycles. The van der Waals surface area contributed by atoms with E-state index < -0.39 is 0 Å². The van der Waals surface area contributed by atoms with Crippen LogP contribution in [0.4, 0.5) is 4.39 Å². The van der Waals surface area contributed by atoms with E-state index in [0.717, 1.165) is 17.7 Å². The Morgan fingerprint density at radius 1 is 1.07 bits per heavy atom. The van der Waals surface area contributed by atoms with Crippen molar-refractivity contribution in [2.75, 3.05) is 40.3 Å². The predicted octanol–water partition coefficient (Wildman–Crippen LogP) is 3.38. The maximum Gasteiger partial charge on any atom is 0.191 e. The lowest BCUT2D eigenvalue weighted by atomic mass is 10.0. The number of nitrogens with zero attached hydrogens (tertiary/aromatic N) is 2. The van der Waals surface area contributed by atoms with Gasteiger partial charge in [0.05, 0.1) is 19.2 Å². The summed E-state index contributed by atoms with van der Waals surface area (Å²) in [5.41, 5.74) is 1.97. The molecular weight excluding hydrogens is 482 g/mol. The average Bonchev–Trinajstić information content (AvgIpc) is 2.69. The number of benzene rings is 2. The Hall–Kier alpha value is -1.71. The highest BCUT2D eigenvalue weighted by atomic mass is 127. The van der Waals surface area contributed by atoms with Gasteiger partial charge in [0, 0.05) is 19.0 Å². The summed E-state index contributed by atoms with van der Waals surface area (Å²) >= 11 is 0. The normalized spacial score (nSPS) is 13.5. The second-order valence-electron chi connectivity index (χ2n) is 6.93. The van der Waals surface area contributed by atoms with E-state index in [2.05, 4.69) is 15.6 Å². The second-order valence-corrected chi connectivity index (χ2v) is 6.93. The van der Waals surface area contributed by atoms with Gasteiger partial charge in [0.15, 0.2) is 5.96 Å². The maximum absolute atomic E-state index is 13.6. The van der Waals surface area contributed by atoms with Gasteiger partial charge in [-0.25, -0.2) is 4.39 Å². The van der Waals surface area contributed by atoms with E-state index in [4.69, 9.17) is 0 Å². The first-order valence-electron chi connectivity index (χ1n) is 9.65. The third-order valence-electron chi connectivity index (χ3n) is 4.63. The molecule has 2 rings (SSSR count). The Labute approximate surface area is 190 Å². The Balaban J connectivity index is 0.00000420. The van der Waals surface area contributed by atoms with Gasteiger partial charge >= 0.3 is 0 Å². The lowest BCUT2D eigenvalue weighted by molar-refractivity contribution is 0.268. The van der Waals surface area contributed by atoms with Crippen LogP contribution in [-0.4, -0.2) is 56.3 Å². The van der Waals surface area contributed by atoms with E-state index >= 15 is 0 Å². The fourth-order valence-electron chi connectivity index (χ4n) is 3.04. The molecular formula is C22H32FIN4O. The first-order chi connectivity index (χ1) is 13.5. The monoisotopic (exact) mass is 514 g/mol. The summed E-state index contributed by atoms with van der Waals surface area (Å²) < 4.78 is 13.6. The summed E-state index contributed by atoms with van der Waals surface area (Å²) in [4.78, 5) is 6.69. The first-order valence-corrected chi connectivity index (χ1v) is 9.65. The zero-order valence-corrected chi connectivity index (χ0v) is 19.6. The van der Waals surface area contributed by atoms with Crippen LogP contribution in [0.15, 0.2) is 59.6 Å². The van der Waals surface area contributed by atoms with E-state index in [1.54, 1.807) is 12.1 Å². The van der Waals surface area contributed by atoms with Crippen LogP contribution in [0.1, 0.15) is 30.0 Å². The molecule has 3 N–H and O–H groups in total. The van der Waals surface area contributed by atoms with Gasteiger partial charge in [0.1, 0.15) is 5.82 Å². The van der Waals surface area contributed by atoms with Gasteiger partial charge in [-0.2, -0.15) is 0 Å². The molecule has 7 heteroatoms. The van der Waals surface area contributed by atoms with Crippen molar-refractivity contribution in [3.8, 4) is 0 Å². The minimum absolute atomic E-state index is 0. The van der Waals surface area contributed by atoms with E-state index in [1.807, 2.05) is 62.3 Å². The molecule has 2 aromatic rings. The second kappa shape index (κ2) is 13.5. The van der Waals surface area contributed by atoms with E-state index in [1.165, 1.54) is 6.07 Å². The van der Waals surface area contributed by atoms with Gasteiger partial charge in [-0.1, -0.05) is 42.5 Å². The van der Waals surface area contributed by atoms with Crippen molar-refractivity contribution in [3.63, 3.8) is 0 Å². The Kier molecular flexibility index (Phi) is 11.8. The Bertz CT molecular complexity index is 743. The number of aliphatic imine (C=N–C) groups is 1. The highest BCUT2D eigenvalue weighted by Gasteiger charge is 2.16. The highest BCUT2D eigenvalue weighted by molar-refractivity contribution is 14.0. The summed E-state index contributed by atoms with van der Waals surface area (Å²) in [5.74, 6) is 0.392. The molecule has 0 fully saturated rings. The van der Waals surface area contributed by atoms with Crippen LogP contribution in [-0.2, 0) is 0 Å². The molecule has 2 unspecified atom stereocenters. The first kappa shape index (κ1) is 25.3. The van der Waals surface area contributed by atoms with Gasteiger partial charge in [-0.3, -0.25) is 4.99 Å². The molecule has 0 bridgehead atoms. The van der Waals surface area contributed by atoms with Crippen LogP contribution in [0.25, 0.3) is 0 Å². The predicted molar refractivity (Wildman–Crippen MR) is 128 cm³/mol. The van der Waals surface area contributed by atoms with Crippen molar-refractivity contribution in [3.05, 3.63) is 71.5 Å². The topological polar surface area (TPSA) is 59.9 Å². The molecule has 0 aliphatic rings. The standard InChI is InChI=1S/C22H31FN4O.HI/c1-4-24-22(25-14-19(16-28)17-9-6-5-7-10-17)26-15-21(27(2)3)18-11-8-12-20(23)13-18;/h5-13,19,21,28H,4,14-16H2,1-3H3,(H2,24,25,26);1H. The average molecular weight is 514 g/mol. The van der Waals surface area contributed by atoms with Gasteiger partial charge < -0.3 is 20.6 Å². The quantitative estimate of drug-likeness (QED) is 0.273. The third-order valence-corrected chi connectivity index (χ3v) is 4.63. The van der Waals surface area contributed by atoms with Crippen molar-refractivity contribution < 1.29 is 9.50 Å². The summed E-state index contributed by atoms with van der Waals surface area (Å²) in [5, 5.41) is 16.3. The Morgan fingerprint density at radius 3 is 2.34 bits per heavy atom. The molecule has 0 radical (unpaired) electrons. The lowest BCUT2D eigenvalue weighted by Crippen LogP contribution is -2.42. The maximum atomic E-state index is 13.6. The molecule has 2 aromatic carbocycles. The van der Waals surface area contributed by atoms with Crippen LogP contribution in [0, 0.1) is 5.82 Å². The smallest absolute Gasteiger partial charge is 0.191 e. The summed E-state index contributed by atoms with van der Waals surface area (Å²) in [6.45, 7) is 3.83. The van der Waals surface area contributed by atoms with Crippen LogP contribution in [0.3, 0.4) is 0 Å². The van der Waals surface area contributed by atoms with Crippen molar-refractivity contribution in [1.82, 2.24) is 15.5 Å². The number of nitrogens with one attached hydrogen (secondary N) is 2.